The summed E-state index contributed by atoms with van der Waals surface area (Å²) >= 11 is 5.97. The van der Waals surface area contributed by atoms with E-state index in [0.717, 1.165) is 22.3 Å². The number of para-hydroxylation sites is 1. The quantitative estimate of drug-likeness (QED) is 0.336. The summed E-state index contributed by atoms with van der Waals surface area (Å²) in [5.74, 6) is -0.936. The molecule has 3 aromatic carbocycles. The molecule has 0 aliphatic heterocycles. The van der Waals surface area contributed by atoms with E-state index in [1.54, 1.807) is 24.3 Å². The van der Waals surface area contributed by atoms with Gasteiger partial charge in [0.25, 0.3) is 0 Å². The molecule has 0 heterocycles. The monoisotopic (exact) mass is 435 g/mol. The highest BCUT2D eigenvalue weighted by Gasteiger charge is 2.15. The molecule has 0 spiro atoms. The Kier molecular flexibility index (Phi) is 7.40. The first kappa shape index (κ1) is 22.1. The van der Waals surface area contributed by atoms with Crippen molar-refractivity contribution in [2.24, 2.45) is 5.10 Å². The third kappa shape index (κ3) is 6.42. The van der Waals surface area contributed by atoms with Crippen molar-refractivity contribution < 1.29 is 14.3 Å². The zero-order chi connectivity index (χ0) is 22.2. The van der Waals surface area contributed by atoms with E-state index in [2.05, 4.69) is 15.8 Å². The minimum absolute atomic E-state index is 0.402. The summed E-state index contributed by atoms with van der Waals surface area (Å²) in [7, 11) is 0. The van der Waals surface area contributed by atoms with Crippen LogP contribution in [0.3, 0.4) is 0 Å². The number of hydrogen-bond acceptors (Lipinski definition) is 4. The number of amides is 2. The van der Waals surface area contributed by atoms with E-state index in [9.17, 15) is 9.59 Å². The number of benzene rings is 3. The van der Waals surface area contributed by atoms with Gasteiger partial charge in [0.1, 0.15) is 12.4 Å². The van der Waals surface area contributed by atoms with Gasteiger partial charge in [-0.3, -0.25) is 9.59 Å². The molecule has 7 heteroatoms. The van der Waals surface area contributed by atoms with Crippen molar-refractivity contribution in [3.05, 3.63) is 94.0 Å². The van der Waals surface area contributed by atoms with Gasteiger partial charge in [0.05, 0.1) is 6.21 Å². The third-order valence-corrected chi connectivity index (χ3v) is 4.72. The standard InChI is InChI=1S/C24H22ClN3O3/c1-16-5-3-6-17(2)22(16)27-23(29)24(30)28-26-14-18-9-11-21(12-10-18)31-15-19-7-4-8-20(25)13-19/h3-14H,15H2,1-2H3,(H,27,29)(H,28,30)/b26-14+. The number of nitrogens with zero attached hydrogens (tertiary/aromatic N) is 1. The molecule has 0 fully saturated rings. The van der Waals surface area contributed by atoms with E-state index in [4.69, 9.17) is 16.3 Å². The van der Waals surface area contributed by atoms with Crippen molar-refractivity contribution in [1.82, 2.24) is 5.43 Å². The Balaban J connectivity index is 1.50. The van der Waals surface area contributed by atoms with Gasteiger partial charge in [-0.1, -0.05) is 41.9 Å². The van der Waals surface area contributed by atoms with E-state index in [1.165, 1.54) is 6.21 Å². The van der Waals surface area contributed by atoms with Crippen LogP contribution in [-0.4, -0.2) is 18.0 Å². The molecule has 0 radical (unpaired) electrons. The molecule has 0 aliphatic rings. The average Bonchev–Trinajstić information content (AvgIpc) is 2.75. The van der Waals surface area contributed by atoms with Crippen LogP contribution in [0.25, 0.3) is 0 Å². The topological polar surface area (TPSA) is 79.8 Å². The van der Waals surface area contributed by atoms with Crippen molar-refractivity contribution in [1.29, 1.82) is 0 Å². The van der Waals surface area contributed by atoms with Gasteiger partial charge >= 0.3 is 11.8 Å². The number of ether oxygens (including phenoxy) is 1. The van der Waals surface area contributed by atoms with Gasteiger partial charge in [0, 0.05) is 10.7 Å². The summed E-state index contributed by atoms with van der Waals surface area (Å²) in [5.41, 5.74) is 6.32. The maximum atomic E-state index is 12.1. The summed E-state index contributed by atoms with van der Waals surface area (Å²) in [6, 6.07) is 20.2. The first-order valence-electron chi connectivity index (χ1n) is 9.60. The first-order valence-corrected chi connectivity index (χ1v) is 9.98. The Morgan fingerprint density at radius 2 is 1.65 bits per heavy atom. The van der Waals surface area contributed by atoms with Crippen LogP contribution < -0.4 is 15.5 Å². The smallest absolute Gasteiger partial charge is 0.329 e. The van der Waals surface area contributed by atoms with Gasteiger partial charge in [0.15, 0.2) is 0 Å². The molecule has 3 aromatic rings. The van der Waals surface area contributed by atoms with Gasteiger partial charge in [0.2, 0.25) is 0 Å². The molecular weight excluding hydrogens is 414 g/mol. The number of carbonyl (C=O) groups excluding carboxylic acids is 2. The molecule has 6 nitrogen and oxygen atoms in total. The molecule has 0 aromatic heterocycles. The van der Waals surface area contributed by atoms with Crippen molar-refractivity contribution >= 4 is 35.3 Å². The molecule has 158 valence electrons. The largest absolute Gasteiger partial charge is 0.489 e. The molecule has 0 saturated heterocycles. The van der Waals surface area contributed by atoms with E-state index < -0.39 is 11.8 Å². The first-order chi connectivity index (χ1) is 14.9. The Labute approximate surface area is 185 Å². The highest BCUT2D eigenvalue weighted by atomic mass is 35.5. The Morgan fingerprint density at radius 1 is 0.968 bits per heavy atom. The highest BCUT2D eigenvalue weighted by molar-refractivity contribution is 6.39. The van der Waals surface area contributed by atoms with Crippen molar-refractivity contribution in [2.75, 3.05) is 5.32 Å². The van der Waals surface area contributed by atoms with Gasteiger partial charge in [-0.05, 0) is 72.5 Å². The number of carbonyl (C=O) groups is 2. The van der Waals surface area contributed by atoms with Crippen LogP contribution >= 0.6 is 11.6 Å². The third-order valence-electron chi connectivity index (χ3n) is 4.48. The van der Waals surface area contributed by atoms with E-state index in [-0.39, 0.29) is 0 Å². The summed E-state index contributed by atoms with van der Waals surface area (Å²) in [6.07, 6.45) is 1.45. The Hall–Kier alpha value is -3.64. The van der Waals surface area contributed by atoms with E-state index >= 15 is 0 Å². The Morgan fingerprint density at radius 3 is 2.32 bits per heavy atom. The van der Waals surface area contributed by atoms with E-state index in [1.807, 2.05) is 56.3 Å². The molecule has 31 heavy (non-hydrogen) atoms. The lowest BCUT2D eigenvalue weighted by Gasteiger charge is -2.10. The normalized spacial score (nSPS) is 10.7. The maximum Gasteiger partial charge on any atom is 0.329 e. The maximum absolute atomic E-state index is 12.1. The number of halogens is 1. The molecule has 0 unspecified atom stereocenters. The van der Waals surface area contributed by atoms with Crippen LogP contribution in [0.2, 0.25) is 5.02 Å². The molecule has 0 atom stereocenters. The minimum atomic E-state index is -0.847. The number of hydrazone groups is 1. The fourth-order valence-electron chi connectivity index (χ4n) is 2.84. The second-order valence-electron chi connectivity index (χ2n) is 6.91. The second-order valence-corrected chi connectivity index (χ2v) is 7.34. The number of aryl methyl sites for hydroxylation is 2. The summed E-state index contributed by atoms with van der Waals surface area (Å²) in [4.78, 5) is 24.1. The zero-order valence-electron chi connectivity index (χ0n) is 17.2. The van der Waals surface area contributed by atoms with Gasteiger partial charge in [-0.2, -0.15) is 5.10 Å². The van der Waals surface area contributed by atoms with Crippen LogP contribution in [0.5, 0.6) is 5.75 Å². The van der Waals surface area contributed by atoms with Crippen LogP contribution in [-0.2, 0) is 16.2 Å². The average molecular weight is 436 g/mol. The van der Waals surface area contributed by atoms with Gasteiger partial charge in [-0.25, -0.2) is 5.43 Å². The second kappa shape index (κ2) is 10.4. The van der Waals surface area contributed by atoms with Crippen LogP contribution in [0, 0.1) is 13.8 Å². The van der Waals surface area contributed by atoms with Crippen molar-refractivity contribution in [3.8, 4) is 5.75 Å². The van der Waals surface area contributed by atoms with Crippen LogP contribution in [0.15, 0.2) is 71.8 Å². The molecule has 2 amide bonds. The fraction of sp³-hybridized carbons (Fsp3) is 0.125. The zero-order valence-corrected chi connectivity index (χ0v) is 17.9. The lowest BCUT2D eigenvalue weighted by Crippen LogP contribution is -2.32. The number of nitrogens with one attached hydrogen (secondary N) is 2. The molecule has 0 bridgehead atoms. The molecule has 0 aliphatic carbocycles. The summed E-state index contributed by atoms with van der Waals surface area (Å²) in [6.45, 7) is 4.13. The Bertz CT molecular complexity index is 1090. The minimum Gasteiger partial charge on any atom is -0.489 e. The SMILES string of the molecule is Cc1cccc(C)c1NC(=O)C(=O)N/N=C/c1ccc(OCc2cccc(Cl)c2)cc1. The molecular formula is C24H22ClN3O3. The summed E-state index contributed by atoms with van der Waals surface area (Å²) < 4.78 is 5.73. The lowest BCUT2D eigenvalue weighted by molar-refractivity contribution is -0.136. The van der Waals surface area contributed by atoms with Crippen molar-refractivity contribution in [2.45, 2.75) is 20.5 Å². The fourth-order valence-corrected chi connectivity index (χ4v) is 3.05. The van der Waals surface area contributed by atoms with Crippen molar-refractivity contribution in [3.63, 3.8) is 0 Å². The predicted molar refractivity (Wildman–Crippen MR) is 123 cm³/mol. The van der Waals surface area contributed by atoms with Crippen LogP contribution in [0.4, 0.5) is 5.69 Å². The lowest BCUT2D eigenvalue weighted by atomic mass is 10.1. The van der Waals surface area contributed by atoms with Gasteiger partial charge < -0.3 is 10.1 Å². The number of rotatable bonds is 6. The number of hydrogen-bond donors (Lipinski definition) is 2. The molecule has 2 N–H and O–H groups in total. The highest BCUT2D eigenvalue weighted by Crippen LogP contribution is 2.19. The molecule has 3 rings (SSSR count). The number of anilines is 1. The van der Waals surface area contributed by atoms with Gasteiger partial charge in [-0.15, -0.1) is 0 Å². The van der Waals surface area contributed by atoms with Crippen LogP contribution in [0.1, 0.15) is 22.3 Å². The van der Waals surface area contributed by atoms with E-state index in [0.29, 0.717) is 23.1 Å². The summed E-state index contributed by atoms with van der Waals surface area (Å²) in [5, 5.41) is 7.12. The predicted octanol–water partition coefficient (Wildman–Crippen LogP) is 4.62. The molecule has 0 saturated carbocycles.